The van der Waals surface area contributed by atoms with Crippen LogP contribution in [0.3, 0.4) is 0 Å². The summed E-state index contributed by atoms with van der Waals surface area (Å²) in [4.78, 5) is 12.5. The Labute approximate surface area is 129 Å². The largest absolute Gasteiger partial charge is 0.496 e. The fourth-order valence-electron chi connectivity index (χ4n) is 2.70. The zero-order valence-corrected chi connectivity index (χ0v) is 12.6. The Kier molecular flexibility index (Phi) is 3.86. The van der Waals surface area contributed by atoms with Gasteiger partial charge in [0.15, 0.2) is 5.78 Å². The second-order valence-corrected chi connectivity index (χ2v) is 5.47. The van der Waals surface area contributed by atoms with Crippen LogP contribution < -0.4 is 9.47 Å². The second-order valence-electron chi connectivity index (χ2n) is 5.47. The van der Waals surface area contributed by atoms with Crippen LogP contribution >= 0.6 is 0 Å². The van der Waals surface area contributed by atoms with E-state index in [-0.39, 0.29) is 24.9 Å². The average Bonchev–Trinajstić information content (AvgIpc) is 2.54. The molecule has 1 aliphatic heterocycles. The van der Waals surface area contributed by atoms with Gasteiger partial charge in [0.25, 0.3) is 0 Å². The highest BCUT2D eigenvalue weighted by Gasteiger charge is 2.30. The molecule has 1 aliphatic rings. The number of benzene rings is 2. The lowest BCUT2D eigenvalue weighted by Crippen LogP contribution is -2.21. The molecule has 0 saturated carbocycles. The maximum Gasteiger partial charge on any atom is 0.174 e. The van der Waals surface area contributed by atoms with Crippen LogP contribution in [0.1, 0.15) is 39.6 Å². The molecule has 0 fully saturated rings. The van der Waals surface area contributed by atoms with Gasteiger partial charge >= 0.3 is 0 Å². The monoisotopic (exact) mass is 298 g/mol. The van der Waals surface area contributed by atoms with Crippen LogP contribution in [0.25, 0.3) is 0 Å². The Bertz CT molecular complexity index is 704. The molecule has 114 valence electrons. The summed E-state index contributed by atoms with van der Waals surface area (Å²) in [6.45, 7) is 1.89. The topological polar surface area (TPSA) is 55.8 Å². The number of methoxy groups -OCH3 is 1. The van der Waals surface area contributed by atoms with E-state index in [9.17, 15) is 9.90 Å². The van der Waals surface area contributed by atoms with E-state index in [4.69, 9.17) is 9.47 Å². The number of aliphatic hydroxyl groups is 1. The first kappa shape index (κ1) is 14.6. The van der Waals surface area contributed by atoms with Gasteiger partial charge in [0.1, 0.15) is 23.2 Å². The highest BCUT2D eigenvalue weighted by molar-refractivity contribution is 6.02. The quantitative estimate of drug-likeness (QED) is 0.945. The summed E-state index contributed by atoms with van der Waals surface area (Å²) in [7, 11) is 1.51. The van der Waals surface area contributed by atoms with E-state index in [0.717, 1.165) is 11.1 Å². The van der Waals surface area contributed by atoms with E-state index in [2.05, 4.69) is 0 Å². The number of rotatable bonds is 3. The first-order valence-corrected chi connectivity index (χ1v) is 7.20. The third kappa shape index (κ3) is 2.57. The number of ether oxygens (including phenoxy) is 2. The SMILES string of the molecule is COc1cc(CO)cc2c1C(=O)CC(c1ccc(C)cc1)O2. The van der Waals surface area contributed by atoms with Crippen LogP contribution in [0.4, 0.5) is 0 Å². The molecule has 0 aromatic heterocycles. The Hall–Kier alpha value is -2.33. The number of aliphatic hydroxyl groups excluding tert-OH is 1. The number of carbonyl (C=O) groups excluding carboxylic acids is 1. The van der Waals surface area contributed by atoms with Crippen molar-refractivity contribution in [2.24, 2.45) is 0 Å². The number of Topliss-reactive ketones (excluding diaryl/α,β-unsaturated/α-hetero) is 1. The van der Waals surface area contributed by atoms with Crippen molar-refractivity contribution in [1.82, 2.24) is 0 Å². The maximum atomic E-state index is 12.5. The molecule has 2 aromatic rings. The zero-order chi connectivity index (χ0) is 15.7. The number of aryl methyl sites for hydroxylation is 1. The molecule has 1 atom stereocenters. The molecule has 22 heavy (non-hydrogen) atoms. The molecule has 1 heterocycles. The molecule has 0 saturated heterocycles. The van der Waals surface area contributed by atoms with Crippen molar-refractivity contribution in [2.75, 3.05) is 7.11 Å². The lowest BCUT2D eigenvalue weighted by Gasteiger charge is -2.27. The molecule has 0 radical (unpaired) electrons. The van der Waals surface area contributed by atoms with E-state index < -0.39 is 0 Å². The normalized spacial score (nSPS) is 16.9. The lowest BCUT2D eigenvalue weighted by atomic mass is 9.94. The highest BCUT2D eigenvalue weighted by Crippen LogP contribution is 2.40. The summed E-state index contributed by atoms with van der Waals surface area (Å²) < 4.78 is 11.3. The molecular weight excluding hydrogens is 280 g/mol. The van der Waals surface area contributed by atoms with Gasteiger partial charge in [-0.25, -0.2) is 0 Å². The molecule has 2 aromatic carbocycles. The van der Waals surface area contributed by atoms with Crippen molar-refractivity contribution in [3.8, 4) is 11.5 Å². The first-order chi connectivity index (χ1) is 10.6. The summed E-state index contributed by atoms with van der Waals surface area (Å²) in [5, 5.41) is 9.34. The third-order valence-electron chi connectivity index (χ3n) is 3.90. The smallest absolute Gasteiger partial charge is 0.174 e. The Balaban J connectivity index is 2.01. The molecule has 0 bridgehead atoms. The Morgan fingerprint density at radius 1 is 1.27 bits per heavy atom. The van der Waals surface area contributed by atoms with Gasteiger partial charge in [0.2, 0.25) is 0 Å². The lowest BCUT2D eigenvalue weighted by molar-refractivity contribution is 0.0844. The van der Waals surface area contributed by atoms with Crippen LogP contribution in [0, 0.1) is 6.92 Å². The summed E-state index contributed by atoms with van der Waals surface area (Å²) in [6.07, 6.45) is -0.0236. The number of ketones is 1. The van der Waals surface area contributed by atoms with E-state index in [1.807, 2.05) is 31.2 Å². The maximum absolute atomic E-state index is 12.5. The van der Waals surface area contributed by atoms with Crippen LogP contribution in [-0.4, -0.2) is 18.0 Å². The number of carbonyl (C=O) groups is 1. The van der Waals surface area contributed by atoms with Gasteiger partial charge in [0, 0.05) is 0 Å². The molecule has 4 nitrogen and oxygen atoms in total. The van der Waals surface area contributed by atoms with Crippen molar-refractivity contribution in [3.05, 3.63) is 58.7 Å². The van der Waals surface area contributed by atoms with Gasteiger partial charge in [-0.15, -0.1) is 0 Å². The molecule has 0 spiro atoms. The minimum absolute atomic E-state index is 0.00633. The molecule has 1 N–H and O–H groups in total. The van der Waals surface area contributed by atoms with Crippen LogP contribution in [0.15, 0.2) is 36.4 Å². The standard InChI is InChI=1S/C18H18O4/c1-11-3-5-13(6-4-11)15-9-14(20)18-16(21-2)7-12(10-19)8-17(18)22-15/h3-8,15,19H,9-10H2,1-2H3. The van der Waals surface area contributed by atoms with E-state index in [1.54, 1.807) is 12.1 Å². The summed E-state index contributed by atoms with van der Waals surface area (Å²) in [6, 6.07) is 11.3. The van der Waals surface area contributed by atoms with Gasteiger partial charge in [-0.2, -0.15) is 0 Å². The van der Waals surface area contributed by atoms with Crippen molar-refractivity contribution < 1.29 is 19.4 Å². The summed E-state index contributed by atoms with van der Waals surface area (Å²) in [5.74, 6) is 0.923. The fraction of sp³-hybridized carbons (Fsp3) is 0.278. The molecule has 0 aliphatic carbocycles. The highest BCUT2D eigenvalue weighted by atomic mass is 16.5. The predicted molar refractivity (Wildman–Crippen MR) is 82.4 cm³/mol. The number of hydrogen-bond donors (Lipinski definition) is 1. The van der Waals surface area contributed by atoms with Crippen LogP contribution in [0.2, 0.25) is 0 Å². The second kappa shape index (κ2) is 5.81. The zero-order valence-electron chi connectivity index (χ0n) is 12.6. The van der Waals surface area contributed by atoms with Crippen molar-refractivity contribution in [2.45, 2.75) is 26.1 Å². The molecule has 4 heteroatoms. The van der Waals surface area contributed by atoms with E-state index in [1.165, 1.54) is 7.11 Å². The number of hydrogen-bond acceptors (Lipinski definition) is 4. The molecule has 0 amide bonds. The van der Waals surface area contributed by atoms with Gasteiger partial charge in [-0.1, -0.05) is 29.8 Å². The molecular formula is C18H18O4. The number of fused-ring (bicyclic) bond motifs is 1. The fourth-order valence-corrected chi connectivity index (χ4v) is 2.70. The predicted octanol–water partition coefficient (Wildman–Crippen LogP) is 3.20. The van der Waals surface area contributed by atoms with Crippen molar-refractivity contribution >= 4 is 5.78 Å². The minimum atomic E-state index is -0.306. The van der Waals surface area contributed by atoms with Crippen LogP contribution in [0.5, 0.6) is 11.5 Å². The Morgan fingerprint density at radius 2 is 2.00 bits per heavy atom. The van der Waals surface area contributed by atoms with Gasteiger partial charge in [-0.3, -0.25) is 4.79 Å². The van der Waals surface area contributed by atoms with Gasteiger partial charge in [0.05, 0.1) is 20.1 Å². The van der Waals surface area contributed by atoms with Crippen molar-refractivity contribution in [3.63, 3.8) is 0 Å². The van der Waals surface area contributed by atoms with E-state index in [0.29, 0.717) is 22.6 Å². The van der Waals surface area contributed by atoms with E-state index >= 15 is 0 Å². The molecule has 1 unspecified atom stereocenters. The van der Waals surface area contributed by atoms with Crippen molar-refractivity contribution in [1.29, 1.82) is 0 Å². The van der Waals surface area contributed by atoms with Gasteiger partial charge < -0.3 is 14.6 Å². The van der Waals surface area contributed by atoms with Crippen LogP contribution in [-0.2, 0) is 6.61 Å². The summed E-state index contributed by atoms with van der Waals surface area (Å²) in [5.41, 5.74) is 3.25. The first-order valence-electron chi connectivity index (χ1n) is 7.20. The summed E-state index contributed by atoms with van der Waals surface area (Å²) >= 11 is 0. The molecule has 3 rings (SSSR count). The van der Waals surface area contributed by atoms with Gasteiger partial charge in [-0.05, 0) is 30.2 Å². The minimum Gasteiger partial charge on any atom is -0.496 e. The third-order valence-corrected chi connectivity index (χ3v) is 3.90. The average molecular weight is 298 g/mol. The Morgan fingerprint density at radius 3 is 2.64 bits per heavy atom.